The van der Waals surface area contributed by atoms with Gasteiger partial charge in [-0.3, -0.25) is 25.0 Å². The SMILES string of the molecule is C=CCOC(=O)O[C@@H]1[C@@H](OC(=O)OCC=C)[C@H](Oc2ccc(COC(=O)Nc3cc(OCCCC(=O)O)c(OC)cc3C(=O)N3CCCC[C@H]3C=NOC)cc2[N+](=O)[O-])O[C@H](C(=O)OCC=C)[C@H]1OC(=O)OCC=C. The number of carboxylic acid groups (broad SMARTS) is 1. The van der Waals surface area contributed by atoms with Crippen LogP contribution in [0.1, 0.15) is 48.0 Å². The third kappa shape index (κ3) is 17.7. The van der Waals surface area contributed by atoms with E-state index in [0.29, 0.717) is 19.4 Å². The number of nitrogens with zero attached hydrogens (tertiary/aromatic N) is 3. The van der Waals surface area contributed by atoms with Gasteiger partial charge in [-0.25, -0.2) is 24.0 Å². The number of rotatable bonds is 27. The molecule has 0 radical (unpaired) electrons. The molecule has 6 atom stereocenters. The number of likely N-dealkylation sites (tertiary alicyclic amines) is 1. The molecule has 27 heteroatoms. The summed E-state index contributed by atoms with van der Waals surface area (Å²) in [7, 11) is 2.67. The molecule has 0 aliphatic carbocycles. The lowest BCUT2D eigenvalue weighted by Gasteiger charge is -2.42. The molecule has 0 unspecified atom stereocenters. The number of carbonyl (C=O) groups is 7. The highest BCUT2D eigenvalue weighted by Gasteiger charge is 2.57. The van der Waals surface area contributed by atoms with E-state index in [1.807, 2.05) is 0 Å². The van der Waals surface area contributed by atoms with Crippen molar-refractivity contribution in [3.8, 4) is 17.2 Å². The van der Waals surface area contributed by atoms with Gasteiger partial charge in [-0.1, -0.05) is 61.8 Å². The second-order valence-electron chi connectivity index (χ2n) is 15.4. The highest BCUT2D eigenvalue weighted by atomic mass is 16.8. The number of piperidine rings is 1. The molecule has 0 spiro atoms. The van der Waals surface area contributed by atoms with Gasteiger partial charge in [-0.15, -0.1) is 0 Å². The Labute approximate surface area is 428 Å². The quantitative estimate of drug-likeness (QED) is 0.0192. The third-order valence-electron chi connectivity index (χ3n) is 10.3. The van der Waals surface area contributed by atoms with Crippen LogP contribution in [0.5, 0.6) is 17.2 Å². The fraction of sp³-hybridized carbons (Fsp3) is 0.417. The van der Waals surface area contributed by atoms with E-state index in [-0.39, 0.29) is 47.8 Å². The molecule has 2 amide bonds. The lowest BCUT2D eigenvalue weighted by Crippen LogP contribution is -2.64. The molecular weight excluding hydrogens is 1000 g/mol. The van der Waals surface area contributed by atoms with Crippen molar-refractivity contribution < 1.29 is 105 Å². The minimum absolute atomic E-state index is 0.0137. The first-order chi connectivity index (χ1) is 36.1. The van der Waals surface area contributed by atoms with Crippen molar-refractivity contribution in [3.63, 3.8) is 0 Å². The first-order valence-corrected chi connectivity index (χ1v) is 22.7. The minimum atomic E-state index is -2.17. The molecule has 2 aromatic rings. The summed E-state index contributed by atoms with van der Waals surface area (Å²) in [6.07, 6.45) is -8.11. The molecule has 75 heavy (non-hydrogen) atoms. The van der Waals surface area contributed by atoms with Gasteiger partial charge < -0.3 is 71.7 Å². The average molecular weight is 1060 g/mol. The number of methoxy groups -OCH3 is 1. The van der Waals surface area contributed by atoms with Crippen LogP contribution >= 0.6 is 0 Å². The summed E-state index contributed by atoms with van der Waals surface area (Å²) in [4.78, 5) is 109. The second-order valence-corrected chi connectivity index (χ2v) is 15.4. The third-order valence-corrected chi connectivity index (χ3v) is 10.3. The number of oxime groups is 1. The zero-order valence-electron chi connectivity index (χ0n) is 40.8. The van der Waals surface area contributed by atoms with Crippen molar-refractivity contribution >= 4 is 60.0 Å². The number of ether oxygens (including phenoxy) is 12. The van der Waals surface area contributed by atoms with Crippen molar-refractivity contribution in [1.29, 1.82) is 0 Å². The molecule has 2 saturated heterocycles. The van der Waals surface area contributed by atoms with Gasteiger partial charge in [-0.05, 0) is 43.4 Å². The van der Waals surface area contributed by atoms with Crippen LogP contribution in [-0.2, 0) is 63.7 Å². The Morgan fingerprint density at radius 3 is 2.04 bits per heavy atom. The molecule has 0 aromatic heterocycles. The molecule has 2 aliphatic rings. The molecule has 0 saturated carbocycles. The molecule has 2 aromatic carbocycles. The summed E-state index contributed by atoms with van der Waals surface area (Å²) >= 11 is 0. The molecule has 27 nitrogen and oxygen atoms in total. The van der Waals surface area contributed by atoms with Gasteiger partial charge in [0.05, 0.1) is 42.1 Å². The fourth-order valence-electron chi connectivity index (χ4n) is 7.01. The molecule has 406 valence electrons. The van der Waals surface area contributed by atoms with Crippen LogP contribution < -0.4 is 19.5 Å². The maximum Gasteiger partial charge on any atom is 0.509 e. The number of amides is 2. The van der Waals surface area contributed by atoms with Crippen LogP contribution in [0.4, 0.5) is 30.6 Å². The number of nitrogens with one attached hydrogen (secondary N) is 1. The van der Waals surface area contributed by atoms with Crippen LogP contribution in [0, 0.1) is 10.1 Å². The predicted octanol–water partition coefficient (Wildman–Crippen LogP) is 6.18. The topological polar surface area (TPSA) is 330 Å². The van der Waals surface area contributed by atoms with Crippen molar-refractivity contribution in [2.24, 2.45) is 5.16 Å². The largest absolute Gasteiger partial charge is 0.509 e. The van der Waals surface area contributed by atoms with Gasteiger partial charge in [0, 0.05) is 25.1 Å². The van der Waals surface area contributed by atoms with E-state index in [9.17, 15) is 43.7 Å². The van der Waals surface area contributed by atoms with Gasteiger partial charge in [-0.2, -0.15) is 0 Å². The highest BCUT2D eigenvalue weighted by Crippen LogP contribution is 2.38. The zero-order valence-corrected chi connectivity index (χ0v) is 40.8. The number of hydrogen-bond donors (Lipinski definition) is 2. The van der Waals surface area contributed by atoms with E-state index in [4.69, 9.17) is 66.8 Å². The molecular formula is C48H56N4O23. The zero-order chi connectivity index (χ0) is 54.9. The number of carboxylic acids is 1. The molecule has 2 heterocycles. The Morgan fingerprint density at radius 2 is 1.44 bits per heavy atom. The first-order valence-electron chi connectivity index (χ1n) is 22.7. The minimum Gasteiger partial charge on any atom is -0.493 e. The molecule has 0 bridgehead atoms. The Hall–Kier alpha value is -8.88. The second kappa shape index (κ2) is 30.2. The number of esters is 1. The van der Waals surface area contributed by atoms with Crippen LogP contribution in [-0.4, -0.2) is 154 Å². The summed E-state index contributed by atoms with van der Waals surface area (Å²) in [6.45, 7) is 11.7. The van der Waals surface area contributed by atoms with E-state index in [2.05, 4.69) is 36.8 Å². The average Bonchev–Trinajstić information content (AvgIpc) is 3.39. The van der Waals surface area contributed by atoms with E-state index < -0.39 is 129 Å². The van der Waals surface area contributed by atoms with Crippen molar-refractivity contribution in [2.75, 3.05) is 59.1 Å². The highest BCUT2D eigenvalue weighted by molar-refractivity contribution is 6.04. The van der Waals surface area contributed by atoms with E-state index in [1.54, 1.807) is 0 Å². The van der Waals surface area contributed by atoms with Crippen LogP contribution in [0.25, 0.3) is 0 Å². The maximum absolute atomic E-state index is 14.2. The molecule has 2 aliphatic heterocycles. The number of carbonyl (C=O) groups excluding carboxylic acids is 6. The smallest absolute Gasteiger partial charge is 0.493 e. The lowest BCUT2D eigenvalue weighted by molar-refractivity contribution is -0.387. The van der Waals surface area contributed by atoms with Crippen LogP contribution in [0.3, 0.4) is 0 Å². The van der Waals surface area contributed by atoms with Crippen LogP contribution in [0.2, 0.25) is 0 Å². The Morgan fingerprint density at radius 1 is 0.813 bits per heavy atom. The number of nitro benzene ring substituents is 1. The van der Waals surface area contributed by atoms with Gasteiger partial charge in [0.25, 0.3) is 5.91 Å². The molecule has 4 rings (SSSR count). The van der Waals surface area contributed by atoms with Gasteiger partial charge >= 0.3 is 42.2 Å². The van der Waals surface area contributed by atoms with Gasteiger partial charge in [0.2, 0.25) is 12.4 Å². The number of anilines is 1. The Kier molecular flexibility index (Phi) is 23.6. The number of benzene rings is 2. The Bertz CT molecular complexity index is 2430. The number of hydrogen-bond acceptors (Lipinski definition) is 23. The summed E-state index contributed by atoms with van der Waals surface area (Å²) in [6, 6.07) is 5.33. The van der Waals surface area contributed by atoms with E-state index in [0.717, 1.165) is 18.6 Å². The van der Waals surface area contributed by atoms with E-state index >= 15 is 0 Å². The summed E-state index contributed by atoms with van der Waals surface area (Å²) in [5.74, 6) is -3.39. The summed E-state index contributed by atoms with van der Waals surface area (Å²) in [5, 5.41) is 28.1. The summed E-state index contributed by atoms with van der Waals surface area (Å²) in [5.41, 5.74) is -1.00. The monoisotopic (exact) mass is 1060 g/mol. The summed E-state index contributed by atoms with van der Waals surface area (Å²) < 4.78 is 64.7. The van der Waals surface area contributed by atoms with Crippen LogP contribution in [0.15, 0.2) is 86.1 Å². The van der Waals surface area contributed by atoms with Crippen molar-refractivity contribution in [1.82, 2.24) is 4.90 Å². The maximum atomic E-state index is 14.2. The number of aliphatic carboxylic acids is 1. The van der Waals surface area contributed by atoms with E-state index in [1.165, 1.54) is 67.8 Å². The van der Waals surface area contributed by atoms with Crippen molar-refractivity contribution in [3.05, 3.63) is 102 Å². The lowest BCUT2D eigenvalue weighted by atomic mass is 9.98. The first kappa shape index (κ1) is 58.7. The predicted molar refractivity (Wildman–Crippen MR) is 256 cm³/mol. The Balaban J connectivity index is 1.70. The van der Waals surface area contributed by atoms with Gasteiger partial charge in [0.15, 0.2) is 35.6 Å². The standard InChI is InChI=1S/C48H56N4O23/c1-7-19-66-43(56)40-38(73-46(58)67-20-8-2)39(74-47(59)68-21-9-3)41(75-48(60)69-22-10-4)44(72-40)71-34-17-16-29(24-33(34)52(61)62)28-70-45(57)50-32-26-36(65-23-13-15-37(53)54)35(63-5)25-31(32)42(55)51-18-12-11-14-30(51)27-49-64-6/h7-10,16-17,24-27,30,38-41,44H,1-4,11-15,18-23,28H2,5-6H3,(H,50,57)(H,53,54)/t30-,38-,39-,40-,41+,44+/m0/s1. The molecule has 2 N–H and O–H groups in total. The van der Waals surface area contributed by atoms with Crippen molar-refractivity contribution in [2.45, 2.75) is 75.5 Å². The fourth-order valence-corrected chi connectivity index (χ4v) is 7.01. The van der Waals surface area contributed by atoms with Gasteiger partial charge in [0.1, 0.15) is 40.1 Å². The molecule has 2 fully saturated rings. The number of nitro groups is 1. The normalized spacial score (nSPS) is 18.8.